The van der Waals surface area contributed by atoms with Crippen molar-refractivity contribution in [3.05, 3.63) is 12.5 Å². The van der Waals surface area contributed by atoms with E-state index in [1.165, 1.54) is 12.5 Å². The van der Waals surface area contributed by atoms with E-state index in [-0.39, 0.29) is 28.9 Å². The Kier molecular flexibility index (Phi) is 3.84. The van der Waals surface area contributed by atoms with E-state index in [1.54, 1.807) is 21.4 Å². The summed E-state index contributed by atoms with van der Waals surface area (Å²) in [5.74, 6) is -0.0445. The molecule has 0 spiro atoms. The lowest BCUT2D eigenvalue weighted by molar-refractivity contribution is -0.161. The highest BCUT2D eigenvalue weighted by atomic mass is 32.2. The average molecular weight is 367 g/mol. The summed E-state index contributed by atoms with van der Waals surface area (Å²) in [5, 5.41) is -0.0388. The fourth-order valence-corrected chi connectivity index (χ4v) is 5.31. The molecule has 3 aliphatic rings. The second-order valence-corrected chi connectivity index (χ2v) is 8.62. The van der Waals surface area contributed by atoms with Crippen molar-refractivity contribution < 1.29 is 18.0 Å². The predicted molar refractivity (Wildman–Crippen MR) is 86.8 cm³/mol. The highest BCUT2D eigenvalue weighted by Gasteiger charge is 2.50. The first kappa shape index (κ1) is 16.5. The third-order valence-electron chi connectivity index (χ3n) is 5.27. The van der Waals surface area contributed by atoms with Crippen LogP contribution in [0, 0.1) is 0 Å². The second kappa shape index (κ2) is 5.80. The number of carbonyl (C=O) groups excluding carboxylic acids is 2. The molecule has 4 heterocycles. The summed E-state index contributed by atoms with van der Waals surface area (Å²) in [5.41, 5.74) is 0. The highest BCUT2D eigenvalue weighted by molar-refractivity contribution is 7.89. The third kappa shape index (κ3) is 2.73. The number of nitrogens with one attached hydrogen (secondary N) is 1. The Bertz CT molecular complexity index is 820. The normalized spacial score (nSPS) is 29.7. The fourth-order valence-electron chi connectivity index (χ4n) is 4.05. The predicted octanol–water partition coefficient (Wildman–Crippen LogP) is -0.937. The van der Waals surface area contributed by atoms with E-state index in [2.05, 4.69) is 9.71 Å². The van der Waals surface area contributed by atoms with E-state index in [0.29, 0.717) is 25.9 Å². The maximum Gasteiger partial charge on any atom is 0.259 e. The van der Waals surface area contributed by atoms with Gasteiger partial charge in [-0.2, -0.15) is 0 Å². The van der Waals surface area contributed by atoms with Gasteiger partial charge in [0.25, 0.3) is 10.0 Å². The molecule has 3 atom stereocenters. The van der Waals surface area contributed by atoms with Gasteiger partial charge in [-0.25, -0.2) is 18.1 Å². The van der Waals surface area contributed by atoms with Crippen LogP contribution in [0.1, 0.15) is 25.7 Å². The molecule has 1 N–H and O–H groups in total. The van der Waals surface area contributed by atoms with Crippen molar-refractivity contribution in [2.45, 2.75) is 48.8 Å². The number of aromatic nitrogens is 2. The summed E-state index contributed by atoms with van der Waals surface area (Å²) < 4.78 is 29.1. The molecule has 3 saturated heterocycles. The summed E-state index contributed by atoms with van der Waals surface area (Å²) in [4.78, 5) is 32.5. The number of rotatable bonds is 3. The first-order valence-electron chi connectivity index (χ1n) is 8.48. The number of amides is 2. The Hall–Kier alpha value is -1.94. The molecule has 4 rings (SSSR count). The van der Waals surface area contributed by atoms with Gasteiger partial charge < -0.3 is 14.4 Å². The van der Waals surface area contributed by atoms with E-state index < -0.39 is 16.1 Å². The topological polar surface area (TPSA) is 105 Å². The van der Waals surface area contributed by atoms with Gasteiger partial charge in [0.2, 0.25) is 11.8 Å². The van der Waals surface area contributed by atoms with Gasteiger partial charge in [0, 0.05) is 32.4 Å². The number of imidazole rings is 1. The van der Waals surface area contributed by atoms with Crippen LogP contribution in [0.2, 0.25) is 0 Å². The van der Waals surface area contributed by atoms with Crippen molar-refractivity contribution in [3.8, 4) is 0 Å². The number of piperidine rings is 1. The molecule has 0 aliphatic carbocycles. The Morgan fingerprint density at radius 3 is 2.56 bits per heavy atom. The van der Waals surface area contributed by atoms with E-state index in [4.69, 9.17) is 0 Å². The van der Waals surface area contributed by atoms with Crippen LogP contribution in [0.4, 0.5) is 0 Å². The molecule has 0 saturated carbocycles. The van der Waals surface area contributed by atoms with Crippen molar-refractivity contribution in [2.24, 2.45) is 7.05 Å². The minimum Gasteiger partial charge on any atom is -0.339 e. The van der Waals surface area contributed by atoms with E-state index in [1.807, 2.05) is 0 Å². The van der Waals surface area contributed by atoms with Crippen LogP contribution >= 0.6 is 0 Å². The van der Waals surface area contributed by atoms with Gasteiger partial charge in [-0.3, -0.25) is 9.59 Å². The van der Waals surface area contributed by atoms with Crippen molar-refractivity contribution >= 4 is 21.8 Å². The maximum atomic E-state index is 12.7. The number of fused-ring (bicyclic) bond motifs is 2. The van der Waals surface area contributed by atoms with Gasteiger partial charge in [-0.1, -0.05) is 0 Å². The maximum absolute atomic E-state index is 12.7. The monoisotopic (exact) mass is 367 g/mol. The molecule has 0 radical (unpaired) electrons. The van der Waals surface area contributed by atoms with E-state index >= 15 is 0 Å². The zero-order chi connectivity index (χ0) is 17.8. The minimum absolute atomic E-state index is 0.00753. The molecule has 0 aromatic carbocycles. The SMILES string of the molecule is Cn1cnc(S(=O)(=O)NC2CCN3C(=O)C4CCCN4C(=O)C3C2)c1. The molecule has 2 amide bonds. The quantitative estimate of drug-likeness (QED) is 0.743. The smallest absolute Gasteiger partial charge is 0.259 e. The minimum atomic E-state index is -3.74. The molecule has 9 nitrogen and oxygen atoms in total. The Balaban J connectivity index is 1.50. The van der Waals surface area contributed by atoms with Crippen molar-refractivity contribution in [2.75, 3.05) is 13.1 Å². The molecule has 0 bridgehead atoms. The second-order valence-electron chi connectivity index (χ2n) is 6.96. The van der Waals surface area contributed by atoms with Gasteiger partial charge in [-0.15, -0.1) is 0 Å². The van der Waals surface area contributed by atoms with Gasteiger partial charge in [0.1, 0.15) is 12.1 Å². The first-order valence-corrected chi connectivity index (χ1v) is 9.96. The van der Waals surface area contributed by atoms with Crippen LogP contribution in [0.3, 0.4) is 0 Å². The highest BCUT2D eigenvalue weighted by Crippen LogP contribution is 2.31. The molecule has 25 heavy (non-hydrogen) atoms. The van der Waals surface area contributed by atoms with E-state index in [0.717, 1.165) is 12.8 Å². The number of hydrogen-bond donors (Lipinski definition) is 1. The summed E-state index contributed by atoms with van der Waals surface area (Å²) in [7, 11) is -2.04. The summed E-state index contributed by atoms with van der Waals surface area (Å²) in [6.45, 7) is 1.01. The van der Waals surface area contributed by atoms with Crippen molar-refractivity contribution in [3.63, 3.8) is 0 Å². The number of aryl methyl sites for hydroxylation is 1. The van der Waals surface area contributed by atoms with Gasteiger partial charge >= 0.3 is 0 Å². The van der Waals surface area contributed by atoms with Gasteiger partial charge in [-0.05, 0) is 25.7 Å². The van der Waals surface area contributed by atoms with Crippen LogP contribution in [0.25, 0.3) is 0 Å². The Morgan fingerprint density at radius 1 is 1.12 bits per heavy atom. The molecule has 3 fully saturated rings. The largest absolute Gasteiger partial charge is 0.339 e. The summed E-state index contributed by atoms with van der Waals surface area (Å²) >= 11 is 0. The Morgan fingerprint density at radius 2 is 1.84 bits per heavy atom. The molecule has 3 aliphatic heterocycles. The molecule has 1 aromatic heterocycles. The van der Waals surface area contributed by atoms with E-state index in [9.17, 15) is 18.0 Å². The van der Waals surface area contributed by atoms with Gasteiger partial charge in [0.15, 0.2) is 5.03 Å². The first-order chi connectivity index (χ1) is 11.9. The lowest BCUT2D eigenvalue weighted by Crippen LogP contribution is -2.66. The number of piperazine rings is 1. The van der Waals surface area contributed by atoms with Crippen molar-refractivity contribution in [1.82, 2.24) is 24.1 Å². The standard InChI is InChI=1S/C15H21N5O4S/c1-18-8-13(16-9-18)25(23,24)17-10-4-6-20-12(7-10)15(22)19-5-2-3-11(19)14(20)21/h8-12,17H,2-7H2,1H3. The summed E-state index contributed by atoms with van der Waals surface area (Å²) in [6, 6.07) is -1.26. The molecule has 136 valence electrons. The third-order valence-corrected chi connectivity index (χ3v) is 6.67. The fraction of sp³-hybridized carbons (Fsp3) is 0.667. The lowest BCUT2D eigenvalue weighted by atomic mass is 9.93. The van der Waals surface area contributed by atoms with Gasteiger partial charge in [0.05, 0.1) is 6.33 Å². The number of hydrogen-bond acceptors (Lipinski definition) is 5. The molecule has 10 heteroatoms. The van der Waals surface area contributed by atoms with Crippen LogP contribution in [-0.2, 0) is 26.7 Å². The molecule has 3 unspecified atom stereocenters. The zero-order valence-corrected chi connectivity index (χ0v) is 14.8. The summed E-state index contributed by atoms with van der Waals surface area (Å²) in [6.07, 6.45) is 5.23. The van der Waals surface area contributed by atoms with Crippen LogP contribution in [0.15, 0.2) is 17.6 Å². The van der Waals surface area contributed by atoms with Crippen LogP contribution in [0.5, 0.6) is 0 Å². The lowest BCUT2D eigenvalue weighted by Gasteiger charge is -2.46. The number of nitrogens with zero attached hydrogens (tertiary/aromatic N) is 4. The van der Waals surface area contributed by atoms with Crippen LogP contribution in [-0.4, -0.2) is 70.8 Å². The van der Waals surface area contributed by atoms with Crippen molar-refractivity contribution in [1.29, 1.82) is 0 Å². The number of sulfonamides is 1. The number of carbonyl (C=O) groups is 2. The average Bonchev–Trinajstić information content (AvgIpc) is 3.21. The Labute approximate surface area is 146 Å². The molecule has 1 aromatic rings. The molecular weight excluding hydrogens is 346 g/mol. The van der Waals surface area contributed by atoms with Crippen LogP contribution < -0.4 is 4.72 Å². The zero-order valence-electron chi connectivity index (χ0n) is 14.0. The molecular formula is C15H21N5O4S.